The fourth-order valence-corrected chi connectivity index (χ4v) is 0.883. The monoisotopic (exact) mass is 210 g/mol. The quantitative estimate of drug-likeness (QED) is 0.364. The Balaban J connectivity index is 4.55. The molecule has 0 saturated carbocycles. The van der Waals surface area contributed by atoms with Crippen molar-refractivity contribution in [2.45, 2.75) is 19.0 Å². The van der Waals surface area contributed by atoms with Crippen LogP contribution >= 0.6 is 11.6 Å². The summed E-state index contributed by atoms with van der Waals surface area (Å²) in [5.41, 5.74) is 0. The van der Waals surface area contributed by atoms with Crippen molar-refractivity contribution in [2.75, 3.05) is 5.88 Å². The minimum absolute atomic E-state index is 0.552. The zero-order valence-corrected chi connectivity index (χ0v) is 7.43. The largest absolute Gasteiger partial charge is 0.290 e. The van der Waals surface area contributed by atoms with Crippen molar-refractivity contribution in [1.29, 1.82) is 0 Å². The summed E-state index contributed by atoms with van der Waals surface area (Å²) in [4.78, 5) is 29.5. The number of hydrogen-bond donors (Lipinski definition) is 0. The summed E-state index contributed by atoms with van der Waals surface area (Å²) < 4.78 is 0. The van der Waals surface area contributed by atoms with Crippen LogP contribution in [-0.2, 0) is 4.79 Å². The van der Waals surface area contributed by atoms with E-state index in [1.165, 1.54) is 0 Å². The molecule has 13 heavy (non-hydrogen) atoms. The molecular formula is C5H7ClN2O5. The molecule has 0 heterocycles. The lowest BCUT2D eigenvalue weighted by atomic mass is 10.1. The van der Waals surface area contributed by atoms with E-state index in [9.17, 15) is 25.0 Å². The summed E-state index contributed by atoms with van der Waals surface area (Å²) >= 11 is 5.12. The highest BCUT2D eigenvalue weighted by molar-refractivity contribution is 6.19. The van der Waals surface area contributed by atoms with Crippen LogP contribution in [0.4, 0.5) is 0 Å². The molecule has 0 aliphatic carbocycles. The fraction of sp³-hybridized carbons (Fsp3) is 0.800. The molecule has 0 rings (SSSR count). The van der Waals surface area contributed by atoms with Gasteiger partial charge in [0.1, 0.15) is 0 Å². The van der Waals surface area contributed by atoms with E-state index < -0.39 is 33.6 Å². The molecule has 0 fully saturated rings. The van der Waals surface area contributed by atoms with Crippen molar-refractivity contribution in [3.63, 3.8) is 0 Å². The molecule has 2 atom stereocenters. The van der Waals surface area contributed by atoms with E-state index in [-0.39, 0.29) is 0 Å². The van der Waals surface area contributed by atoms with Crippen LogP contribution in [0, 0.1) is 20.2 Å². The molecule has 0 spiro atoms. The van der Waals surface area contributed by atoms with Crippen molar-refractivity contribution in [1.82, 2.24) is 0 Å². The van der Waals surface area contributed by atoms with E-state index in [0.29, 0.717) is 0 Å². The zero-order chi connectivity index (χ0) is 10.6. The van der Waals surface area contributed by atoms with Crippen molar-refractivity contribution < 1.29 is 14.6 Å². The van der Waals surface area contributed by atoms with Gasteiger partial charge < -0.3 is 0 Å². The van der Waals surface area contributed by atoms with Crippen molar-refractivity contribution in [3.8, 4) is 0 Å². The summed E-state index contributed by atoms with van der Waals surface area (Å²) in [6, 6.07) is -3.28. The third-order valence-electron chi connectivity index (χ3n) is 1.46. The first-order chi connectivity index (χ1) is 5.91. The van der Waals surface area contributed by atoms with E-state index in [0.717, 1.165) is 6.92 Å². The number of halogens is 1. The van der Waals surface area contributed by atoms with Crippen LogP contribution in [0.5, 0.6) is 0 Å². The molecule has 0 aromatic carbocycles. The van der Waals surface area contributed by atoms with E-state index in [4.69, 9.17) is 11.6 Å². The van der Waals surface area contributed by atoms with Crippen molar-refractivity contribution >= 4 is 17.4 Å². The van der Waals surface area contributed by atoms with Gasteiger partial charge in [-0.05, 0) is 0 Å². The Kier molecular flexibility index (Phi) is 4.26. The molecule has 8 heteroatoms. The molecule has 0 N–H and O–H groups in total. The summed E-state index contributed by atoms with van der Waals surface area (Å²) in [5.74, 6) is -1.63. The van der Waals surface area contributed by atoms with Gasteiger partial charge in [0.05, 0.1) is 5.88 Å². The molecule has 0 aliphatic heterocycles. The summed E-state index contributed by atoms with van der Waals surface area (Å²) in [5, 5.41) is 20.3. The Morgan fingerprint density at radius 3 is 2.08 bits per heavy atom. The van der Waals surface area contributed by atoms with Gasteiger partial charge >= 0.3 is 0 Å². The fourth-order valence-electron chi connectivity index (χ4n) is 0.619. The Labute approximate surface area is 78.0 Å². The minimum Gasteiger partial charge on any atom is -0.284 e. The molecule has 0 radical (unpaired) electrons. The smallest absolute Gasteiger partial charge is 0.284 e. The van der Waals surface area contributed by atoms with Crippen LogP contribution in [0.2, 0.25) is 0 Å². The Morgan fingerprint density at radius 2 is 1.85 bits per heavy atom. The van der Waals surface area contributed by atoms with Crippen molar-refractivity contribution in [2.24, 2.45) is 0 Å². The first-order valence-electron chi connectivity index (χ1n) is 3.28. The predicted molar refractivity (Wildman–Crippen MR) is 43.0 cm³/mol. The summed E-state index contributed by atoms with van der Waals surface area (Å²) in [6.45, 7) is 0.991. The first kappa shape index (κ1) is 11.8. The first-order valence-corrected chi connectivity index (χ1v) is 3.82. The van der Waals surface area contributed by atoms with E-state index >= 15 is 0 Å². The molecule has 74 valence electrons. The maximum Gasteiger partial charge on any atom is 0.290 e. The number of carbonyl (C=O) groups is 1. The van der Waals surface area contributed by atoms with Gasteiger partial charge in [0.2, 0.25) is 0 Å². The van der Waals surface area contributed by atoms with Gasteiger partial charge in [0.15, 0.2) is 0 Å². The van der Waals surface area contributed by atoms with Gasteiger partial charge in [0.25, 0.3) is 17.9 Å². The van der Waals surface area contributed by atoms with Gasteiger partial charge in [-0.25, -0.2) is 0 Å². The van der Waals surface area contributed by atoms with Gasteiger partial charge in [0, 0.05) is 16.8 Å². The van der Waals surface area contributed by atoms with Crippen LogP contribution < -0.4 is 0 Å². The van der Waals surface area contributed by atoms with Crippen LogP contribution in [0.1, 0.15) is 6.92 Å². The number of alkyl halides is 1. The molecule has 0 amide bonds. The zero-order valence-electron chi connectivity index (χ0n) is 6.68. The molecule has 7 nitrogen and oxygen atoms in total. The number of Topliss-reactive ketones (excluding diaryl/α,β-unsaturated/α-hetero) is 1. The molecule has 0 saturated heterocycles. The Hall–Kier alpha value is -1.24. The highest BCUT2D eigenvalue weighted by atomic mass is 35.5. The number of nitrogens with zero attached hydrogens (tertiary/aromatic N) is 2. The third-order valence-corrected chi connectivity index (χ3v) is 1.75. The molecule has 0 bridgehead atoms. The topological polar surface area (TPSA) is 103 Å². The highest BCUT2D eigenvalue weighted by Crippen LogP contribution is 2.02. The van der Waals surface area contributed by atoms with Crippen LogP contribution in [0.3, 0.4) is 0 Å². The van der Waals surface area contributed by atoms with Gasteiger partial charge in [-0.3, -0.25) is 25.0 Å². The number of rotatable bonds is 5. The van der Waals surface area contributed by atoms with Gasteiger partial charge in [-0.1, -0.05) is 0 Å². The average Bonchev–Trinajstić information content (AvgIpc) is 2.03. The van der Waals surface area contributed by atoms with E-state index in [2.05, 4.69) is 0 Å². The second-order valence-electron chi connectivity index (χ2n) is 2.32. The molecule has 0 aliphatic rings. The third kappa shape index (κ3) is 2.94. The highest BCUT2D eigenvalue weighted by Gasteiger charge is 2.38. The summed E-state index contributed by atoms with van der Waals surface area (Å²) in [7, 11) is 0. The summed E-state index contributed by atoms with van der Waals surface area (Å²) in [6.07, 6.45) is 0. The number of ketones is 1. The van der Waals surface area contributed by atoms with Crippen LogP contribution in [0.25, 0.3) is 0 Å². The number of hydrogen-bond acceptors (Lipinski definition) is 5. The van der Waals surface area contributed by atoms with E-state index in [1.807, 2.05) is 0 Å². The molecule has 2 unspecified atom stereocenters. The maximum absolute atomic E-state index is 11.0. The lowest BCUT2D eigenvalue weighted by Gasteiger charge is -2.05. The number of nitro groups is 2. The van der Waals surface area contributed by atoms with Crippen LogP contribution in [-0.4, -0.2) is 33.6 Å². The van der Waals surface area contributed by atoms with Crippen LogP contribution in [0.15, 0.2) is 0 Å². The average molecular weight is 211 g/mol. The molecule has 0 aromatic rings. The van der Waals surface area contributed by atoms with Gasteiger partial charge in [-0.15, -0.1) is 11.6 Å². The standard InChI is InChI=1S/C5H7ClN2O5/c1-3(7(10)11)5(9)4(2-6)8(12)13/h3-4H,2H2,1H3. The molecular weight excluding hydrogens is 204 g/mol. The Bertz CT molecular complexity index is 243. The number of carbonyl (C=O) groups excluding carboxylic acids is 1. The second-order valence-corrected chi connectivity index (χ2v) is 2.63. The molecule has 0 aromatic heterocycles. The maximum atomic E-state index is 11.0. The van der Waals surface area contributed by atoms with E-state index in [1.54, 1.807) is 0 Å². The lowest BCUT2D eigenvalue weighted by molar-refractivity contribution is -0.525. The van der Waals surface area contributed by atoms with Crippen molar-refractivity contribution in [3.05, 3.63) is 20.2 Å². The SMILES string of the molecule is CC(C(=O)C(CCl)[N+](=O)[O-])[N+](=O)[O-]. The second kappa shape index (κ2) is 4.70. The minimum atomic E-state index is -1.69. The lowest BCUT2D eigenvalue weighted by Crippen LogP contribution is -2.41. The Morgan fingerprint density at radius 1 is 1.38 bits per heavy atom. The normalized spacial score (nSPS) is 14.6. The predicted octanol–water partition coefficient (Wildman–Crippen LogP) is 0.105. The van der Waals surface area contributed by atoms with Gasteiger partial charge in [-0.2, -0.15) is 0 Å².